The summed E-state index contributed by atoms with van der Waals surface area (Å²) in [6.07, 6.45) is 4.79. The van der Waals surface area contributed by atoms with E-state index in [2.05, 4.69) is 5.32 Å². The van der Waals surface area contributed by atoms with Gasteiger partial charge in [-0.05, 0) is 58.6 Å². The molecule has 8 heteroatoms. The van der Waals surface area contributed by atoms with Crippen LogP contribution in [0, 0.1) is 0 Å². The van der Waals surface area contributed by atoms with Crippen LogP contribution in [-0.4, -0.2) is 70.1 Å². The van der Waals surface area contributed by atoms with Crippen molar-refractivity contribution in [1.82, 2.24) is 19.7 Å². The van der Waals surface area contributed by atoms with Crippen molar-refractivity contribution in [2.45, 2.75) is 71.1 Å². The Labute approximate surface area is 178 Å². The monoisotopic (exact) mass is 418 g/mol. The zero-order valence-electron chi connectivity index (χ0n) is 18.5. The maximum atomic E-state index is 12.9. The Balaban J connectivity index is 1.54. The molecule has 0 aromatic carbocycles. The summed E-state index contributed by atoms with van der Waals surface area (Å²) < 4.78 is 7.50. The number of aromatic nitrogens is 1. The van der Waals surface area contributed by atoms with E-state index in [1.54, 1.807) is 11.8 Å². The summed E-state index contributed by atoms with van der Waals surface area (Å²) in [5.41, 5.74) is 0.153. The second-order valence-electron chi connectivity index (χ2n) is 9.25. The molecule has 8 nitrogen and oxygen atoms in total. The molecule has 166 valence electrons. The van der Waals surface area contributed by atoms with Gasteiger partial charge in [0.1, 0.15) is 11.3 Å². The highest BCUT2D eigenvalue weighted by Crippen LogP contribution is 2.26. The van der Waals surface area contributed by atoms with Crippen molar-refractivity contribution in [3.8, 4) is 0 Å². The Hall–Kier alpha value is -2.51. The van der Waals surface area contributed by atoms with Crippen molar-refractivity contribution in [2.75, 3.05) is 26.2 Å². The minimum atomic E-state index is -0.500. The predicted molar refractivity (Wildman–Crippen MR) is 113 cm³/mol. The zero-order chi connectivity index (χ0) is 21.9. The van der Waals surface area contributed by atoms with E-state index in [4.69, 9.17) is 4.74 Å². The van der Waals surface area contributed by atoms with E-state index in [9.17, 15) is 14.4 Å². The molecule has 2 saturated heterocycles. The number of carbonyl (C=O) groups excluding carboxylic acids is 3. The average molecular weight is 419 g/mol. The molecule has 30 heavy (non-hydrogen) atoms. The van der Waals surface area contributed by atoms with Gasteiger partial charge < -0.3 is 24.4 Å². The lowest BCUT2D eigenvalue weighted by Gasteiger charge is -2.35. The van der Waals surface area contributed by atoms with E-state index >= 15 is 0 Å². The van der Waals surface area contributed by atoms with E-state index in [-0.39, 0.29) is 30.0 Å². The van der Waals surface area contributed by atoms with E-state index in [0.717, 1.165) is 25.7 Å². The Morgan fingerprint density at radius 2 is 1.60 bits per heavy atom. The molecule has 2 fully saturated rings. The van der Waals surface area contributed by atoms with Crippen LogP contribution >= 0.6 is 0 Å². The van der Waals surface area contributed by atoms with E-state index in [0.29, 0.717) is 31.9 Å². The van der Waals surface area contributed by atoms with Gasteiger partial charge in [-0.25, -0.2) is 4.79 Å². The molecule has 1 N–H and O–H groups in total. The first-order valence-corrected chi connectivity index (χ1v) is 10.8. The van der Waals surface area contributed by atoms with Gasteiger partial charge in [0.15, 0.2) is 0 Å². The first-order valence-electron chi connectivity index (χ1n) is 10.8. The van der Waals surface area contributed by atoms with Gasteiger partial charge in [0.05, 0.1) is 0 Å². The Kier molecular flexibility index (Phi) is 6.73. The third-order valence-electron chi connectivity index (χ3n) is 5.80. The minimum Gasteiger partial charge on any atom is -0.444 e. The lowest BCUT2D eigenvalue weighted by molar-refractivity contribution is -0.129. The quantitative estimate of drug-likeness (QED) is 0.818. The second kappa shape index (κ2) is 9.10. The molecule has 0 saturated carbocycles. The van der Waals surface area contributed by atoms with Crippen molar-refractivity contribution in [3.05, 3.63) is 24.0 Å². The van der Waals surface area contributed by atoms with Crippen LogP contribution < -0.4 is 5.32 Å². The van der Waals surface area contributed by atoms with Gasteiger partial charge in [-0.15, -0.1) is 0 Å². The molecule has 3 rings (SSSR count). The zero-order valence-corrected chi connectivity index (χ0v) is 18.5. The molecule has 0 aliphatic carbocycles. The summed E-state index contributed by atoms with van der Waals surface area (Å²) in [6, 6.07) is 4.01. The molecular weight excluding hydrogens is 384 g/mol. The third kappa shape index (κ3) is 5.55. The van der Waals surface area contributed by atoms with Crippen molar-refractivity contribution in [1.29, 1.82) is 0 Å². The Morgan fingerprint density at radius 3 is 2.17 bits per heavy atom. The lowest BCUT2D eigenvalue weighted by atomic mass is 10.0. The van der Waals surface area contributed by atoms with Crippen LogP contribution in [0.2, 0.25) is 0 Å². The minimum absolute atomic E-state index is 0.0733. The van der Waals surface area contributed by atoms with Crippen LogP contribution in [0.25, 0.3) is 0 Å². The predicted octanol–water partition coefficient (Wildman–Crippen LogP) is 2.80. The maximum absolute atomic E-state index is 12.9. The normalized spacial score (nSPS) is 18.9. The number of nitrogens with zero attached hydrogens (tertiary/aromatic N) is 3. The van der Waals surface area contributed by atoms with Gasteiger partial charge in [0.2, 0.25) is 5.91 Å². The number of rotatable bonds is 3. The fourth-order valence-corrected chi connectivity index (χ4v) is 4.16. The van der Waals surface area contributed by atoms with E-state index in [1.807, 2.05) is 48.6 Å². The molecule has 0 atom stereocenters. The topological polar surface area (TPSA) is 83.9 Å². The summed E-state index contributed by atoms with van der Waals surface area (Å²) in [6.45, 7) is 9.78. The number of carbonyl (C=O) groups is 3. The molecule has 1 aromatic rings. The molecule has 2 aliphatic heterocycles. The van der Waals surface area contributed by atoms with Gasteiger partial charge in [0.25, 0.3) is 5.91 Å². The third-order valence-corrected chi connectivity index (χ3v) is 5.80. The van der Waals surface area contributed by atoms with Gasteiger partial charge in [-0.2, -0.15) is 0 Å². The molecule has 2 aliphatic rings. The average Bonchev–Trinajstić information content (AvgIpc) is 3.17. The number of hydrogen-bond acceptors (Lipinski definition) is 4. The van der Waals surface area contributed by atoms with Crippen LogP contribution in [0.4, 0.5) is 4.79 Å². The first kappa shape index (κ1) is 22.2. The molecule has 0 unspecified atom stereocenters. The summed E-state index contributed by atoms with van der Waals surface area (Å²) in [7, 11) is 0. The second-order valence-corrected chi connectivity index (χ2v) is 9.25. The highest BCUT2D eigenvalue weighted by molar-refractivity contribution is 5.93. The highest BCUT2D eigenvalue weighted by atomic mass is 16.6. The van der Waals surface area contributed by atoms with Crippen LogP contribution in [-0.2, 0) is 9.53 Å². The summed E-state index contributed by atoms with van der Waals surface area (Å²) >= 11 is 0. The fourth-order valence-electron chi connectivity index (χ4n) is 4.16. The number of ether oxygens (including phenoxy) is 1. The standard InChI is InChI=1S/C22H34N4O4/c1-16(27)24-12-7-17(8-13-24)23-20(28)19-6-5-11-26(19)18-9-14-25(15-10-18)21(29)30-22(2,3)4/h5-6,11,17-18H,7-10,12-15H2,1-4H3,(H,23,28). The van der Waals surface area contributed by atoms with Crippen molar-refractivity contribution >= 4 is 17.9 Å². The molecule has 3 heterocycles. The Bertz CT molecular complexity index is 766. The molecule has 0 spiro atoms. The summed E-state index contributed by atoms with van der Waals surface area (Å²) in [5, 5.41) is 3.13. The van der Waals surface area contributed by atoms with Crippen LogP contribution in [0.15, 0.2) is 18.3 Å². The van der Waals surface area contributed by atoms with Crippen molar-refractivity contribution in [3.63, 3.8) is 0 Å². The van der Waals surface area contributed by atoms with Gasteiger partial charge in [-0.1, -0.05) is 0 Å². The number of nitrogens with one attached hydrogen (secondary N) is 1. The first-order chi connectivity index (χ1) is 14.1. The summed E-state index contributed by atoms with van der Waals surface area (Å²) in [4.78, 5) is 40.2. The SMILES string of the molecule is CC(=O)N1CCC(NC(=O)c2cccn2C2CCN(C(=O)OC(C)(C)C)CC2)CC1. The molecule has 1 aromatic heterocycles. The smallest absolute Gasteiger partial charge is 0.410 e. The van der Waals surface area contributed by atoms with Crippen LogP contribution in [0.3, 0.4) is 0 Å². The van der Waals surface area contributed by atoms with Crippen LogP contribution in [0.1, 0.15) is 69.9 Å². The lowest BCUT2D eigenvalue weighted by Crippen LogP contribution is -2.46. The van der Waals surface area contributed by atoms with Gasteiger partial charge in [0, 0.05) is 51.4 Å². The fraction of sp³-hybridized carbons (Fsp3) is 0.682. The molecule has 0 bridgehead atoms. The number of likely N-dealkylation sites (tertiary alicyclic amines) is 2. The van der Waals surface area contributed by atoms with E-state index in [1.165, 1.54) is 0 Å². The van der Waals surface area contributed by atoms with Gasteiger partial charge >= 0.3 is 6.09 Å². The maximum Gasteiger partial charge on any atom is 0.410 e. The molecule has 3 amide bonds. The number of amides is 3. The van der Waals surface area contributed by atoms with Crippen LogP contribution in [0.5, 0.6) is 0 Å². The largest absolute Gasteiger partial charge is 0.444 e. The van der Waals surface area contributed by atoms with Crippen molar-refractivity contribution < 1.29 is 19.1 Å². The van der Waals surface area contributed by atoms with Crippen molar-refractivity contribution in [2.24, 2.45) is 0 Å². The number of hydrogen-bond donors (Lipinski definition) is 1. The summed E-state index contributed by atoms with van der Waals surface area (Å²) in [5.74, 6) is 0.0159. The van der Waals surface area contributed by atoms with Gasteiger partial charge in [-0.3, -0.25) is 9.59 Å². The Morgan fingerprint density at radius 1 is 1.00 bits per heavy atom. The molecular formula is C22H34N4O4. The van der Waals surface area contributed by atoms with E-state index < -0.39 is 5.60 Å². The highest BCUT2D eigenvalue weighted by Gasteiger charge is 2.29. The number of piperidine rings is 2. The molecule has 0 radical (unpaired) electrons.